The normalized spacial score (nSPS) is 11.9. The van der Waals surface area contributed by atoms with Crippen LogP contribution in [0.1, 0.15) is 11.1 Å². The summed E-state index contributed by atoms with van der Waals surface area (Å²) in [7, 11) is 0. The summed E-state index contributed by atoms with van der Waals surface area (Å²) in [6.07, 6.45) is 0. The van der Waals surface area contributed by atoms with Crippen molar-refractivity contribution in [2.75, 3.05) is 0 Å². The van der Waals surface area contributed by atoms with Gasteiger partial charge in [-0.05, 0) is 0 Å². The third kappa shape index (κ3) is 4.23. The van der Waals surface area contributed by atoms with Crippen LogP contribution in [0, 0.1) is 22.7 Å². The fourth-order valence-electron chi connectivity index (χ4n) is 9.09. The number of hydrogen-bond acceptors (Lipinski definition) is 2. The second-order valence-electron chi connectivity index (χ2n) is 14.4. The van der Waals surface area contributed by atoms with Gasteiger partial charge in [0, 0.05) is 0 Å². The number of benzene rings is 8. The second-order valence-corrected chi connectivity index (χ2v) is 16.7. The van der Waals surface area contributed by atoms with Gasteiger partial charge in [0.1, 0.15) is 0 Å². The Kier molecular flexibility index (Phi) is 6.42. The van der Waals surface area contributed by atoms with E-state index in [1.165, 1.54) is 62.9 Å². The van der Waals surface area contributed by atoms with Crippen molar-refractivity contribution in [3.63, 3.8) is 0 Å². The Morgan fingerprint density at radius 3 is 1.34 bits per heavy atom. The van der Waals surface area contributed by atoms with Crippen LogP contribution in [-0.2, 0) is 0 Å². The molecule has 4 aromatic heterocycles. The van der Waals surface area contributed by atoms with Crippen LogP contribution in [0.3, 0.4) is 0 Å². The van der Waals surface area contributed by atoms with Gasteiger partial charge in [-0.2, -0.15) is 0 Å². The molecule has 0 aliphatic rings. The van der Waals surface area contributed by atoms with Gasteiger partial charge in [-0.15, -0.1) is 0 Å². The van der Waals surface area contributed by atoms with Gasteiger partial charge >= 0.3 is 328 Å². The van der Waals surface area contributed by atoms with Gasteiger partial charge in [-0.25, -0.2) is 0 Å². The SMILES string of the molecule is N#Cc1ccc2c(c1)c1cc(C#N)ccc1n2-c1ccc2[se]c3ccc(-n4c5ccccc5c5ccc6c7ccccc7n(-c7ccccc7)c6c54)cc3c2c1. The van der Waals surface area contributed by atoms with Gasteiger partial charge in [0.05, 0.1) is 0 Å². The number of nitrogens with zero attached hydrogens (tertiary/aromatic N) is 5. The number of hydrogen-bond donors (Lipinski definition) is 0. The average Bonchev–Trinajstić information content (AvgIpc) is 3.99. The van der Waals surface area contributed by atoms with E-state index in [1.54, 1.807) is 0 Å². The molecule has 0 radical (unpaired) electrons. The molecule has 4 heterocycles. The van der Waals surface area contributed by atoms with Gasteiger partial charge in [0.15, 0.2) is 0 Å². The van der Waals surface area contributed by atoms with Crippen molar-refractivity contribution in [1.29, 1.82) is 10.5 Å². The molecule has 0 aliphatic carbocycles. The van der Waals surface area contributed by atoms with Crippen molar-refractivity contribution in [2.45, 2.75) is 0 Å². The van der Waals surface area contributed by atoms with Crippen LogP contribution in [0.15, 0.2) is 164 Å². The maximum absolute atomic E-state index is 9.74. The molecule has 6 heteroatoms. The van der Waals surface area contributed by atoms with Crippen molar-refractivity contribution >= 4 is 99.2 Å². The first-order valence-corrected chi connectivity index (χ1v) is 20.3. The zero-order valence-electron chi connectivity index (χ0n) is 29.7. The van der Waals surface area contributed by atoms with E-state index < -0.39 is 0 Å². The molecule has 0 saturated heterocycles. The molecule has 0 atom stereocenters. The van der Waals surface area contributed by atoms with Gasteiger partial charge in [0.2, 0.25) is 0 Å². The molecular weight excluding hydrogens is 750 g/mol. The first-order valence-electron chi connectivity index (χ1n) is 18.5. The Labute approximate surface area is 326 Å². The van der Waals surface area contributed by atoms with Crippen LogP contribution in [0.2, 0.25) is 0 Å². The molecule has 56 heavy (non-hydrogen) atoms. The molecular formula is C50H27N5Se. The summed E-state index contributed by atoms with van der Waals surface area (Å²) in [5, 5.41) is 28.9. The fraction of sp³-hybridized carbons (Fsp3) is 0. The van der Waals surface area contributed by atoms with E-state index in [2.05, 4.69) is 153 Å². The van der Waals surface area contributed by atoms with Gasteiger partial charge in [-0.3, -0.25) is 0 Å². The number of fused-ring (bicyclic) bond motifs is 13. The Balaban J connectivity index is 1.15. The van der Waals surface area contributed by atoms with Crippen molar-refractivity contribution in [1.82, 2.24) is 13.7 Å². The average molecular weight is 777 g/mol. The molecule has 12 rings (SSSR count). The van der Waals surface area contributed by atoms with Crippen molar-refractivity contribution in [2.24, 2.45) is 0 Å². The Morgan fingerprint density at radius 2 is 0.804 bits per heavy atom. The van der Waals surface area contributed by atoms with Crippen LogP contribution in [0.25, 0.3) is 102 Å². The van der Waals surface area contributed by atoms with Crippen molar-refractivity contribution in [3.05, 3.63) is 175 Å². The standard InChI is InChI=1S/C50H27N5Se/c51-28-30-14-20-45-39(24-30)40-25-31(29-52)15-21-46(40)53(45)33-16-22-47-41(26-33)42-27-34(17-23-48(42)56-47)55-44-13-7-5-11-36(44)38-19-18-37-35-10-4-6-12-43(35)54(49(37)50(38)55)32-8-2-1-3-9-32/h1-27H. The van der Waals surface area contributed by atoms with E-state index in [1.807, 2.05) is 36.4 Å². The summed E-state index contributed by atoms with van der Waals surface area (Å²) in [6.45, 7) is 0. The summed E-state index contributed by atoms with van der Waals surface area (Å²) in [5.74, 6) is 0. The zero-order valence-corrected chi connectivity index (χ0v) is 31.4. The molecule has 0 spiro atoms. The van der Waals surface area contributed by atoms with Crippen LogP contribution in [0.4, 0.5) is 0 Å². The van der Waals surface area contributed by atoms with E-state index in [-0.39, 0.29) is 14.5 Å². The number of para-hydroxylation sites is 3. The first kappa shape index (κ1) is 31.1. The molecule has 0 aliphatic heterocycles. The van der Waals surface area contributed by atoms with Gasteiger partial charge in [-0.1, -0.05) is 0 Å². The number of rotatable bonds is 3. The quantitative estimate of drug-likeness (QED) is 0.168. The zero-order chi connectivity index (χ0) is 37.1. The molecule has 258 valence electrons. The second kappa shape index (κ2) is 11.6. The predicted molar refractivity (Wildman–Crippen MR) is 231 cm³/mol. The van der Waals surface area contributed by atoms with Gasteiger partial charge < -0.3 is 0 Å². The van der Waals surface area contributed by atoms with Crippen LogP contribution in [-0.4, -0.2) is 28.2 Å². The third-order valence-electron chi connectivity index (χ3n) is 11.5. The minimum atomic E-state index is 0.166. The van der Waals surface area contributed by atoms with Gasteiger partial charge in [0.25, 0.3) is 0 Å². The summed E-state index contributed by atoms with van der Waals surface area (Å²) < 4.78 is 9.92. The summed E-state index contributed by atoms with van der Waals surface area (Å²) in [6, 6.07) is 63.0. The maximum atomic E-state index is 9.74. The van der Waals surface area contributed by atoms with Crippen molar-refractivity contribution < 1.29 is 0 Å². The number of aromatic nitrogens is 3. The Bertz CT molecular complexity index is 3660. The molecule has 0 unspecified atom stereocenters. The molecule has 0 fully saturated rings. The van der Waals surface area contributed by atoms with E-state index in [4.69, 9.17) is 0 Å². The predicted octanol–water partition coefficient (Wildman–Crippen LogP) is 12.1. The summed E-state index contributed by atoms with van der Waals surface area (Å²) in [4.78, 5) is 0. The molecule has 0 saturated carbocycles. The third-order valence-corrected chi connectivity index (χ3v) is 13.9. The van der Waals surface area contributed by atoms with Crippen LogP contribution >= 0.6 is 0 Å². The molecule has 8 aromatic carbocycles. The minimum absolute atomic E-state index is 0.166. The molecule has 12 aromatic rings. The molecule has 0 N–H and O–H groups in total. The fourth-order valence-corrected chi connectivity index (χ4v) is 11.3. The van der Waals surface area contributed by atoms with Crippen LogP contribution < -0.4 is 0 Å². The monoisotopic (exact) mass is 777 g/mol. The Morgan fingerprint density at radius 1 is 0.339 bits per heavy atom. The van der Waals surface area contributed by atoms with Crippen molar-refractivity contribution in [3.8, 4) is 29.2 Å². The number of nitriles is 2. The van der Waals surface area contributed by atoms with E-state index >= 15 is 0 Å². The van der Waals surface area contributed by atoms with E-state index in [0.717, 1.165) is 38.9 Å². The van der Waals surface area contributed by atoms with E-state index in [9.17, 15) is 10.5 Å². The summed E-state index contributed by atoms with van der Waals surface area (Å²) in [5.41, 5.74) is 11.3. The van der Waals surface area contributed by atoms with Crippen LogP contribution in [0.5, 0.6) is 0 Å². The summed E-state index contributed by atoms with van der Waals surface area (Å²) >= 11 is 0.166. The first-order chi connectivity index (χ1) is 27.7. The molecule has 5 nitrogen and oxygen atoms in total. The molecule has 0 amide bonds. The Hall–Kier alpha value is -7.34. The van der Waals surface area contributed by atoms with E-state index in [0.29, 0.717) is 11.1 Å². The molecule has 0 bridgehead atoms. The topological polar surface area (TPSA) is 62.4 Å².